The van der Waals surface area contributed by atoms with E-state index in [1.165, 1.54) is 12.1 Å². The zero-order chi connectivity index (χ0) is 27.8. The zero-order valence-electron chi connectivity index (χ0n) is 20.9. The molecule has 1 spiro atoms. The molecule has 4 aromatic rings. The molecule has 0 saturated carbocycles. The first-order chi connectivity index (χ1) is 19.3. The van der Waals surface area contributed by atoms with Crippen molar-refractivity contribution in [1.29, 1.82) is 0 Å². The molecule has 3 atom stereocenters. The topological polar surface area (TPSA) is 54.5 Å². The minimum absolute atomic E-state index is 0.258. The number of nitrogens with zero attached hydrogens (tertiary/aromatic N) is 1. The van der Waals surface area contributed by atoms with Gasteiger partial charge in [0.05, 0.1) is 11.1 Å². The van der Waals surface area contributed by atoms with E-state index in [9.17, 15) is 18.8 Å². The Morgan fingerprint density at radius 3 is 2.23 bits per heavy atom. The van der Waals surface area contributed by atoms with E-state index in [0.717, 1.165) is 0 Å². The number of anilines is 1. The number of rotatable bonds is 3. The largest absolute Gasteiger partial charge is 0.352 e. The highest BCUT2D eigenvalue weighted by Gasteiger charge is 2.71. The van der Waals surface area contributed by atoms with Gasteiger partial charge in [-0.3, -0.25) is 14.4 Å². The Balaban J connectivity index is 1.57. The van der Waals surface area contributed by atoms with Crippen molar-refractivity contribution in [1.82, 2.24) is 0 Å². The van der Waals surface area contributed by atoms with Crippen LogP contribution in [-0.4, -0.2) is 29.4 Å². The molecule has 0 radical (unpaired) electrons. The third-order valence-corrected chi connectivity index (χ3v) is 8.95. The summed E-state index contributed by atoms with van der Waals surface area (Å²) in [5, 5.41) is 0.670. The van der Waals surface area contributed by atoms with Crippen LogP contribution >= 0.6 is 23.2 Å². The van der Waals surface area contributed by atoms with Crippen molar-refractivity contribution < 1.29 is 18.8 Å². The summed E-state index contributed by atoms with van der Waals surface area (Å²) in [6.45, 7) is 0. The molecule has 7 heteroatoms. The zero-order valence-corrected chi connectivity index (χ0v) is 22.4. The smallest absolute Gasteiger partial charge is 0.187 e. The molecule has 7 rings (SSSR count). The van der Waals surface area contributed by atoms with Crippen LogP contribution in [0.1, 0.15) is 48.1 Å². The van der Waals surface area contributed by atoms with E-state index in [4.69, 9.17) is 23.2 Å². The number of hydrogen-bond acceptors (Lipinski definition) is 4. The second-order valence-corrected chi connectivity index (χ2v) is 11.2. The van der Waals surface area contributed by atoms with Crippen molar-refractivity contribution in [2.45, 2.75) is 18.0 Å². The van der Waals surface area contributed by atoms with E-state index in [1.807, 2.05) is 4.90 Å². The molecule has 0 aromatic heterocycles. The third-order valence-electron chi connectivity index (χ3n) is 8.38. The van der Waals surface area contributed by atoms with Gasteiger partial charge in [-0.15, -0.1) is 0 Å². The molecule has 0 bridgehead atoms. The third kappa shape index (κ3) is 3.28. The van der Waals surface area contributed by atoms with E-state index in [-0.39, 0.29) is 27.9 Å². The Hall–Kier alpha value is -4.06. The first-order valence-corrected chi connectivity index (χ1v) is 13.6. The maximum atomic E-state index is 14.6. The number of ketones is 3. The molecule has 196 valence electrons. The van der Waals surface area contributed by atoms with Gasteiger partial charge in [-0.2, -0.15) is 0 Å². The summed E-state index contributed by atoms with van der Waals surface area (Å²) in [5.41, 5.74) is 0.931. The molecule has 4 aromatic carbocycles. The Labute approximate surface area is 239 Å². The maximum absolute atomic E-state index is 14.6. The van der Waals surface area contributed by atoms with Crippen LogP contribution in [0.4, 0.5) is 10.1 Å². The SMILES string of the molecule is O=C(c1ccccc1Cl)[C@@H]1[C@H](c2cccc(Cl)c2)C2(C(=O)c3ccccc3C2=O)[C@H]2C=Cc3cc(F)ccc3N12. The monoisotopic (exact) mass is 567 g/mol. The number of Topliss-reactive ketones (excluding diaryl/α,β-unsaturated/α-hetero) is 3. The van der Waals surface area contributed by atoms with E-state index in [0.29, 0.717) is 33.0 Å². The average molecular weight is 568 g/mol. The predicted octanol–water partition coefficient (Wildman–Crippen LogP) is 7.45. The number of carbonyl (C=O) groups excluding carboxylic acids is 3. The second kappa shape index (κ2) is 8.98. The van der Waals surface area contributed by atoms with Gasteiger partial charge in [-0.25, -0.2) is 4.39 Å². The summed E-state index contributed by atoms with van der Waals surface area (Å²) in [4.78, 5) is 45.6. The summed E-state index contributed by atoms with van der Waals surface area (Å²) in [6.07, 6.45) is 3.48. The van der Waals surface area contributed by atoms with Gasteiger partial charge in [0.1, 0.15) is 17.3 Å². The molecular formula is C33H20Cl2FNO3. The van der Waals surface area contributed by atoms with Crippen LogP contribution in [-0.2, 0) is 0 Å². The molecule has 1 saturated heterocycles. The van der Waals surface area contributed by atoms with Crippen molar-refractivity contribution in [2.24, 2.45) is 5.41 Å². The number of carbonyl (C=O) groups is 3. The van der Waals surface area contributed by atoms with E-state index >= 15 is 0 Å². The minimum atomic E-state index is -1.67. The van der Waals surface area contributed by atoms with Gasteiger partial charge < -0.3 is 4.90 Å². The van der Waals surface area contributed by atoms with Crippen LogP contribution in [0.2, 0.25) is 10.0 Å². The highest BCUT2D eigenvalue weighted by Crippen LogP contribution is 2.61. The van der Waals surface area contributed by atoms with E-state index < -0.39 is 29.2 Å². The van der Waals surface area contributed by atoms with Crippen molar-refractivity contribution in [3.63, 3.8) is 0 Å². The molecule has 1 fully saturated rings. The van der Waals surface area contributed by atoms with Gasteiger partial charge in [-0.05, 0) is 48.0 Å². The molecule has 1 aliphatic carbocycles. The van der Waals surface area contributed by atoms with Crippen molar-refractivity contribution in [2.75, 3.05) is 4.90 Å². The molecule has 2 heterocycles. The highest BCUT2D eigenvalue weighted by atomic mass is 35.5. The average Bonchev–Trinajstić information content (AvgIpc) is 3.39. The second-order valence-electron chi connectivity index (χ2n) is 10.3. The van der Waals surface area contributed by atoms with Crippen LogP contribution in [0, 0.1) is 11.2 Å². The summed E-state index contributed by atoms with van der Waals surface area (Å²) < 4.78 is 14.3. The number of fused-ring (bicyclic) bond motifs is 5. The lowest BCUT2D eigenvalue weighted by Crippen LogP contribution is -2.48. The molecule has 40 heavy (non-hydrogen) atoms. The van der Waals surface area contributed by atoms with Gasteiger partial charge in [0.2, 0.25) is 0 Å². The Bertz CT molecular complexity index is 1760. The summed E-state index contributed by atoms with van der Waals surface area (Å²) in [6, 6.07) is 22.9. The quantitative estimate of drug-likeness (QED) is 0.190. The summed E-state index contributed by atoms with van der Waals surface area (Å²) in [5.74, 6) is -2.40. The molecule has 0 N–H and O–H groups in total. The fourth-order valence-corrected chi connectivity index (χ4v) is 7.27. The molecule has 0 amide bonds. The van der Waals surface area contributed by atoms with Gasteiger partial charge in [0, 0.05) is 38.9 Å². The van der Waals surface area contributed by atoms with E-state index in [1.54, 1.807) is 91.0 Å². The van der Waals surface area contributed by atoms with Gasteiger partial charge in [0.25, 0.3) is 0 Å². The molecule has 2 aliphatic heterocycles. The summed E-state index contributed by atoms with van der Waals surface area (Å²) >= 11 is 13.0. The Morgan fingerprint density at radius 1 is 0.825 bits per heavy atom. The predicted molar refractivity (Wildman–Crippen MR) is 153 cm³/mol. The first-order valence-electron chi connectivity index (χ1n) is 12.8. The van der Waals surface area contributed by atoms with Gasteiger partial charge in [-0.1, -0.05) is 83.9 Å². The van der Waals surface area contributed by atoms with Crippen LogP contribution in [0.5, 0.6) is 0 Å². The van der Waals surface area contributed by atoms with Crippen LogP contribution in [0.25, 0.3) is 6.08 Å². The van der Waals surface area contributed by atoms with E-state index in [2.05, 4.69) is 0 Å². The molecular weight excluding hydrogens is 548 g/mol. The Kier molecular flexibility index (Phi) is 5.60. The normalized spacial score (nSPS) is 21.9. The fraction of sp³-hybridized carbons (Fsp3) is 0.121. The highest BCUT2D eigenvalue weighted by molar-refractivity contribution is 6.35. The first kappa shape index (κ1) is 24.9. The molecule has 4 nitrogen and oxygen atoms in total. The molecule has 3 aliphatic rings. The fourth-order valence-electron chi connectivity index (χ4n) is 6.84. The number of hydrogen-bond donors (Lipinski definition) is 0. The van der Waals surface area contributed by atoms with Crippen LogP contribution < -0.4 is 4.90 Å². The molecule has 0 unspecified atom stereocenters. The van der Waals surface area contributed by atoms with Crippen LogP contribution in [0.3, 0.4) is 0 Å². The van der Waals surface area contributed by atoms with Crippen molar-refractivity contribution in [3.8, 4) is 0 Å². The Morgan fingerprint density at radius 2 is 1.52 bits per heavy atom. The standard InChI is InChI=1S/C33H20Cl2FNO3/c34-20-7-5-6-19(16-20)28-29(30(38)24-10-3-4-11-25(24)35)37-26-14-13-21(36)17-18(26)12-15-27(37)33(28)31(39)22-8-1-2-9-23(22)32(33)40/h1-17,27-29H/t27-,28+,29+/m1/s1. The van der Waals surface area contributed by atoms with Crippen molar-refractivity contribution in [3.05, 3.63) is 141 Å². The number of benzene rings is 4. The van der Waals surface area contributed by atoms with Crippen molar-refractivity contribution >= 4 is 52.3 Å². The number of halogens is 3. The lowest BCUT2D eigenvalue weighted by Gasteiger charge is -2.37. The maximum Gasteiger partial charge on any atom is 0.187 e. The van der Waals surface area contributed by atoms with Crippen LogP contribution in [0.15, 0.2) is 97.1 Å². The lowest BCUT2D eigenvalue weighted by molar-refractivity contribution is 0.0666. The summed E-state index contributed by atoms with van der Waals surface area (Å²) in [7, 11) is 0. The lowest BCUT2D eigenvalue weighted by atomic mass is 9.64. The van der Waals surface area contributed by atoms with Gasteiger partial charge >= 0.3 is 0 Å². The van der Waals surface area contributed by atoms with Gasteiger partial charge in [0.15, 0.2) is 17.3 Å². The minimum Gasteiger partial charge on any atom is -0.352 e.